The molecule has 3 aromatic rings. The molecule has 2 heterocycles. The van der Waals surface area contributed by atoms with Gasteiger partial charge in [-0.15, -0.1) is 0 Å². The average Bonchev–Trinajstić information content (AvgIpc) is 2.88. The summed E-state index contributed by atoms with van der Waals surface area (Å²) in [5.74, 6) is 0.131. The van der Waals surface area contributed by atoms with E-state index in [0.717, 1.165) is 5.82 Å². The highest BCUT2D eigenvalue weighted by atomic mass is 32.2. The zero-order valence-corrected chi connectivity index (χ0v) is 19.4. The summed E-state index contributed by atoms with van der Waals surface area (Å²) >= 11 is 1.31. The van der Waals surface area contributed by atoms with Gasteiger partial charge in [0, 0.05) is 37.9 Å². The van der Waals surface area contributed by atoms with Crippen molar-refractivity contribution in [2.45, 2.75) is 5.03 Å². The summed E-state index contributed by atoms with van der Waals surface area (Å²) in [6.45, 7) is 2.78. The molecule has 0 radical (unpaired) electrons. The molecule has 1 aromatic heterocycles. The second kappa shape index (κ2) is 11.0. The van der Waals surface area contributed by atoms with Crippen LogP contribution in [0.2, 0.25) is 0 Å². The van der Waals surface area contributed by atoms with E-state index < -0.39 is 5.97 Å². The van der Waals surface area contributed by atoms with E-state index in [2.05, 4.69) is 24.9 Å². The van der Waals surface area contributed by atoms with Gasteiger partial charge < -0.3 is 19.9 Å². The lowest BCUT2D eigenvalue weighted by Crippen LogP contribution is -2.47. The zero-order valence-electron chi connectivity index (χ0n) is 18.6. The molecule has 1 aliphatic heterocycles. The summed E-state index contributed by atoms with van der Waals surface area (Å²) < 4.78 is 18.7. The van der Waals surface area contributed by atoms with E-state index in [9.17, 15) is 14.0 Å². The third kappa shape index (κ3) is 5.82. The van der Waals surface area contributed by atoms with Gasteiger partial charge in [0.05, 0.1) is 24.1 Å². The quantitative estimate of drug-likeness (QED) is 0.312. The molecule has 1 amide bonds. The van der Waals surface area contributed by atoms with Crippen LogP contribution in [0, 0.1) is 5.82 Å². The summed E-state index contributed by atoms with van der Waals surface area (Å²) in [4.78, 5) is 36.6. The number of carbonyl (C=O) groups excluding carboxylic acids is 2. The van der Waals surface area contributed by atoms with Crippen LogP contribution in [0.15, 0.2) is 66.0 Å². The summed E-state index contributed by atoms with van der Waals surface area (Å²) in [7, 11) is 1.32. The Labute approximate surface area is 201 Å². The zero-order chi connectivity index (χ0) is 23.9. The van der Waals surface area contributed by atoms with Crippen molar-refractivity contribution in [2.24, 2.45) is 0 Å². The van der Waals surface area contributed by atoms with Crippen molar-refractivity contribution in [2.75, 3.05) is 54.2 Å². The predicted molar refractivity (Wildman–Crippen MR) is 130 cm³/mol. The molecular weight excluding hydrogens is 457 g/mol. The van der Waals surface area contributed by atoms with Crippen molar-refractivity contribution in [3.63, 3.8) is 0 Å². The first-order valence-electron chi connectivity index (χ1n) is 10.7. The number of esters is 1. The Morgan fingerprint density at radius 2 is 1.74 bits per heavy atom. The second-order valence-electron chi connectivity index (χ2n) is 7.55. The Balaban J connectivity index is 1.29. The number of ether oxygens (including phenoxy) is 1. The third-order valence-corrected chi connectivity index (χ3v) is 6.29. The number of methoxy groups -OCH3 is 1. The summed E-state index contributed by atoms with van der Waals surface area (Å²) in [6, 6.07) is 15.2. The van der Waals surface area contributed by atoms with Crippen LogP contribution < -0.4 is 15.1 Å². The van der Waals surface area contributed by atoms with Crippen LogP contribution in [0.25, 0.3) is 0 Å². The SMILES string of the molecule is COC(=O)c1ccc(NC(=O)CSc2cc(N3CCN(c4ccccc4F)CC3)ncn2)cc1. The van der Waals surface area contributed by atoms with Crippen LogP contribution in [0.5, 0.6) is 0 Å². The number of hydrogen-bond acceptors (Lipinski definition) is 8. The van der Waals surface area contributed by atoms with Crippen molar-refractivity contribution < 1.29 is 18.7 Å². The van der Waals surface area contributed by atoms with Gasteiger partial charge in [-0.2, -0.15) is 0 Å². The van der Waals surface area contributed by atoms with Gasteiger partial charge in [-0.3, -0.25) is 4.79 Å². The highest BCUT2D eigenvalue weighted by Crippen LogP contribution is 2.24. The molecule has 10 heteroatoms. The lowest BCUT2D eigenvalue weighted by atomic mass is 10.2. The van der Waals surface area contributed by atoms with Gasteiger partial charge in [0.2, 0.25) is 5.91 Å². The number of amides is 1. The van der Waals surface area contributed by atoms with Crippen LogP contribution in [0.3, 0.4) is 0 Å². The number of nitrogens with zero attached hydrogens (tertiary/aromatic N) is 4. The predicted octanol–water partition coefficient (Wildman–Crippen LogP) is 3.46. The maximum atomic E-state index is 14.1. The summed E-state index contributed by atoms with van der Waals surface area (Å²) in [6.07, 6.45) is 1.49. The molecule has 1 aliphatic rings. The molecule has 0 aliphatic carbocycles. The topological polar surface area (TPSA) is 87.7 Å². The molecular formula is C24H24FN5O3S. The Morgan fingerprint density at radius 3 is 2.44 bits per heavy atom. The second-order valence-corrected chi connectivity index (χ2v) is 8.54. The smallest absolute Gasteiger partial charge is 0.337 e. The van der Waals surface area contributed by atoms with Gasteiger partial charge in [0.15, 0.2) is 0 Å². The number of hydrogen-bond donors (Lipinski definition) is 1. The van der Waals surface area contributed by atoms with Gasteiger partial charge in [-0.1, -0.05) is 23.9 Å². The number of aromatic nitrogens is 2. The molecule has 1 saturated heterocycles. The minimum absolute atomic E-state index is 0.177. The molecule has 0 bridgehead atoms. The summed E-state index contributed by atoms with van der Waals surface area (Å²) in [5.41, 5.74) is 1.62. The molecule has 176 valence electrons. The van der Waals surface area contributed by atoms with Crippen LogP contribution in [-0.2, 0) is 9.53 Å². The average molecular weight is 482 g/mol. The van der Waals surface area contributed by atoms with E-state index in [1.54, 1.807) is 36.4 Å². The molecule has 2 aromatic carbocycles. The fraction of sp³-hybridized carbons (Fsp3) is 0.250. The number of thioether (sulfide) groups is 1. The third-order valence-electron chi connectivity index (χ3n) is 5.37. The molecule has 34 heavy (non-hydrogen) atoms. The Bertz CT molecular complexity index is 1150. The normalized spacial score (nSPS) is 13.5. The van der Waals surface area contributed by atoms with Crippen LogP contribution in [-0.4, -0.2) is 60.9 Å². The standard InChI is InChI=1S/C24H24FN5O3S/c1-33-24(32)17-6-8-18(9-7-17)28-22(31)15-34-23-14-21(26-16-27-23)30-12-10-29(11-13-30)20-5-3-2-4-19(20)25/h2-9,14,16H,10-13,15H2,1H3,(H,28,31). The Hall–Kier alpha value is -3.66. The van der Waals surface area contributed by atoms with Crippen molar-refractivity contribution in [3.8, 4) is 0 Å². The van der Waals surface area contributed by atoms with E-state index in [1.807, 2.05) is 17.0 Å². The molecule has 1 fully saturated rings. The van der Waals surface area contributed by atoms with Gasteiger partial charge >= 0.3 is 5.97 Å². The number of nitrogens with one attached hydrogen (secondary N) is 1. The Kier molecular flexibility index (Phi) is 7.58. The molecule has 8 nitrogen and oxygen atoms in total. The monoisotopic (exact) mass is 481 g/mol. The fourth-order valence-corrected chi connectivity index (χ4v) is 4.27. The fourth-order valence-electron chi connectivity index (χ4n) is 3.61. The van der Waals surface area contributed by atoms with Crippen LogP contribution in [0.4, 0.5) is 21.6 Å². The molecule has 0 spiro atoms. The van der Waals surface area contributed by atoms with Crippen LogP contribution in [0.1, 0.15) is 10.4 Å². The van der Waals surface area contributed by atoms with E-state index >= 15 is 0 Å². The number of halogens is 1. The number of piperazine rings is 1. The highest BCUT2D eigenvalue weighted by molar-refractivity contribution is 7.99. The largest absolute Gasteiger partial charge is 0.465 e. The maximum absolute atomic E-state index is 14.1. The molecule has 0 saturated carbocycles. The van der Waals surface area contributed by atoms with E-state index in [0.29, 0.717) is 48.1 Å². The molecule has 0 unspecified atom stereocenters. The van der Waals surface area contributed by atoms with Gasteiger partial charge in [0.25, 0.3) is 0 Å². The first-order valence-corrected chi connectivity index (χ1v) is 11.7. The number of carbonyl (C=O) groups is 2. The Morgan fingerprint density at radius 1 is 1.03 bits per heavy atom. The van der Waals surface area contributed by atoms with Crippen molar-refractivity contribution in [1.29, 1.82) is 0 Å². The van der Waals surface area contributed by atoms with Gasteiger partial charge in [0.1, 0.15) is 23.0 Å². The van der Waals surface area contributed by atoms with Gasteiger partial charge in [-0.05, 0) is 36.4 Å². The van der Waals surface area contributed by atoms with Gasteiger partial charge in [-0.25, -0.2) is 19.2 Å². The minimum atomic E-state index is -0.429. The first-order chi connectivity index (χ1) is 16.5. The first kappa shape index (κ1) is 23.5. The highest BCUT2D eigenvalue weighted by Gasteiger charge is 2.20. The molecule has 4 rings (SSSR count). The lowest BCUT2D eigenvalue weighted by Gasteiger charge is -2.36. The number of rotatable bonds is 7. The van der Waals surface area contributed by atoms with E-state index in [-0.39, 0.29) is 17.5 Å². The minimum Gasteiger partial charge on any atom is -0.465 e. The van der Waals surface area contributed by atoms with Crippen molar-refractivity contribution >= 4 is 40.8 Å². The van der Waals surface area contributed by atoms with E-state index in [1.165, 1.54) is 31.3 Å². The lowest BCUT2D eigenvalue weighted by molar-refractivity contribution is -0.113. The van der Waals surface area contributed by atoms with Crippen molar-refractivity contribution in [1.82, 2.24) is 9.97 Å². The number of benzene rings is 2. The van der Waals surface area contributed by atoms with Crippen molar-refractivity contribution in [3.05, 3.63) is 72.3 Å². The molecule has 1 N–H and O–H groups in total. The van der Waals surface area contributed by atoms with E-state index in [4.69, 9.17) is 0 Å². The van der Waals surface area contributed by atoms with Crippen LogP contribution >= 0.6 is 11.8 Å². The number of anilines is 3. The molecule has 0 atom stereocenters. The summed E-state index contributed by atoms with van der Waals surface area (Å²) in [5, 5.41) is 3.49. The maximum Gasteiger partial charge on any atom is 0.337 e. The number of para-hydroxylation sites is 1.